The molecule has 2 rings (SSSR count). The number of aromatic amines is 1. The van der Waals surface area contributed by atoms with E-state index >= 15 is 0 Å². The highest BCUT2D eigenvalue weighted by molar-refractivity contribution is 5.90. The van der Waals surface area contributed by atoms with Crippen molar-refractivity contribution in [1.82, 2.24) is 9.97 Å². The number of methoxy groups -OCH3 is 1. The van der Waals surface area contributed by atoms with Crippen LogP contribution >= 0.6 is 0 Å². The molecule has 0 aliphatic rings. The average Bonchev–Trinajstić information content (AvgIpc) is 2.39. The van der Waals surface area contributed by atoms with Crippen molar-refractivity contribution in [3.63, 3.8) is 0 Å². The van der Waals surface area contributed by atoms with E-state index in [1.165, 1.54) is 13.2 Å². The Labute approximate surface area is 97.1 Å². The van der Waals surface area contributed by atoms with E-state index in [1.54, 1.807) is 30.7 Å². The summed E-state index contributed by atoms with van der Waals surface area (Å²) in [5.74, 6) is -0.651. The summed E-state index contributed by atoms with van der Waals surface area (Å²) in [6.45, 7) is 0. The van der Waals surface area contributed by atoms with Gasteiger partial charge >= 0.3 is 5.97 Å². The van der Waals surface area contributed by atoms with Crippen LogP contribution in [0.25, 0.3) is 11.1 Å². The summed E-state index contributed by atoms with van der Waals surface area (Å²) in [6, 6.07) is 5.07. The van der Waals surface area contributed by atoms with Crippen molar-refractivity contribution in [1.29, 1.82) is 0 Å². The Hall–Kier alpha value is -2.43. The van der Waals surface area contributed by atoms with Gasteiger partial charge in [0.15, 0.2) is 0 Å². The largest absolute Gasteiger partial charge is 0.465 e. The standard InChI is InChI=1S/C12H10N2O3/c1-17-12(16)10-6-9(7-14-11(10)15)8-2-4-13-5-3-8/h2-7H,1H3,(H,14,15). The number of nitrogens with zero attached hydrogens (tertiary/aromatic N) is 1. The van der Waals surface area contributed by atoms with E-state index in [4.69, 9.17) is 0 Å². The van der Waals surface area contributed by atoms with E-state index in [1.807, 2.05) is 0 Å². The second kappa shape index (κ2) is 4.61. The van der Waals surface area contributed by atoms with Crippen LogP contribution in [0.15, 0.2) is 41.6 Å². The van der Waals surface area contributed by atoms with Crippen molar-refractivity contribution >= 4 is 5.97 Å². The molecule has 0 spiro atoms. The predicted octanol–water partition coefficient (Wildman–Crippen LogP) is 1.22. The van der Waals surface area contributed by atoms with Crippen LogP contribution in [-0.4, -0.2) is 23.0 Å². The van der Waals surface area contributed by atoms with E-state index < -0.39 is 11.5 Å². The number of H-pyrrole nitrogens is 1. The van der Waals surface area contributed by atoms with Gasteiger partial charge in [-0.05, 0) is 29.3 Å². The third-order valence-corrected chi connectivity index (χ3v) is 2.32. The minimum atomic E-state index is -0.651. The molecule has 2 aromatic rings. The first-order valence-electron chi connectivity index (χ1n) is 4.94. The van der Waals surface area contributed by atoms with Crippen LogP contribution in [0.3, 0.4) is 0 Å². The number of carbonyl (C=O) groups excluding carboxylic acids is 1. The van der Waals surface area contributed by atoms with Crippen LogP contribution in [0, 0.1) is 0 Å². The molecule has 2 heterocycles. The molecule has 0 unspecified atom stereocenters. The van der Waals surface area contributed by atoms with Crippen molar-refractivity contribution in [2.75, 3.05) is 7.11 Å². The van der Waals surface area contributed by atoms with Crippen LogP contribution in [0.2, 0.25) is 0 Å². The SMILES string of the molecule is COC(=O)c1cc(-c2ccncc2)c[nH]c1=O. The lowest BCUT2D eigenvalue weighted by Gasteiger charge is -2.03. The highest BCUT2D eigenvalue weighted by Crippen LogP contribution is 2.16. The molecule has 5 heteroatoms. The van der Waals surface area contributed by atoms with Gasteiger partial charge in [-0.15, -0.1) is 0 Å². The summed E-state index contributed by atoms with van der Waals surface area (Å²) in [6.07, 6.45) is 4.82. The maximum atomic E-state index is 11.4. The molecule has 0 saturated heterocycles. The molecule has 0 amide bonds. The maximum absolute atomic E-state index is 11.4. The summed E-state index contributed by atoms with van der Waals surface area (Å²) >= 11 is 0. The van der Waals surface area contributed by atoms with Gasteiger partial charge in [0.25, 0.3) is 5.56 Å². The van der Waals surface area contributed by atoms with E-state index in [0.717, 1.165) is 11.1 Å². The van der Waals surface area contributed by atoms with Gasteiger partial charge in [-0.25, -0.2) is 4.79 Å². The van der Waals surface area contributed by atoms with Gasteiger partial charge in [0.1, 0.15) is 5.56 Å². The molecule has 0 bridgehead atoms. The van der Waals surface area contributed by atoms with Gasteiger partial charge in [-0.2, -0.15) is 0 Å². The average molecular weight is 230 g/mol. The van der Waals surface area contributed by atoms with Gasteiger partial charge < -0.3 is 9.72 Å². The molecule has 0 saturated carbocycles. The van der Waals surface area contributed by atoms with E-state index in [-0.39, 0.29) is 5.56 Å². The Morgan fingerprint density at radius 2 is 2.00 bits per heavy atom. The Bertz CT molecular complexity index is 590. The first-order chi connectivity index (χ1) is 8.22. The number of hydrogen-bond donors (Lipinski definition) is 1. The van der Waals surface area contributed by atoms with Gasteiger partial charge in [0.05, 0.1) is 7.11 Å². The molecule has 0 radical (unpaired) electrons. The summed E-state index contributed by atoms with van der Waals surface area (Å²) in [7, 11) is 1.24. The van der Waals surface area contributed by atoms with Crippen molar-refractivity contribution in [2.24, 2.45) is 0 Å². The van der Waals surface area contributed by atoms with Crippen molar-refractivity contribution in [3.8, 4) is 11.1 Å². The molecule has 0 fully saturated rings. The zero-order valence-corrected chi connectivity index (χ0v) is 9.14. The van der Waals surface area contributed by atoms with Crippen LogP contribution in [0.1, 0.15) is 10.4 Å². The number of aromatic nitrogens is 2. The zero-order chi connectivity index (χ0) is 12.3. The minimum absolute atomic E-state index is 0.0122. The molecule has 0 aliphatic heterocycles. The Morgan fingerprint density at radius 1 is 1.29 bits per heavy atom. The van der Waals surface area contributed by atoms with Crippen LogP contribution in [-0.2, 0) is 4.74 Å². The van der Waals surface area contributed by atoms with Crippen LogP contribution in [0.4, 0.5) is 0 Å². The quantitative estimate of drug-likeness (QED) is 0.787. The highest BCUT2D eigenvalue weighted by atomic mass is 16.5. The summed E-state index contributed by atoms with van der Waals surface area (Å²) in [5.41, 5.74) is 1.12. The molecule has 0 atom stereocenters. The Balaban J connectivity index is 2.52. The normalized spacial score (nSPS) is 9.94. The lowest BCUT2D eigenvalue weighted by Crippen LogP contribution is -2.18. The molecule has 0 aromatic carbocycles. The highest BCUT2D eigenvalue weighted by Gasteiger charge is 2.11. The molecule has 86 valence electrons. The number of pyridine rings is 2. The van der Waals surface area contributed by atoms with Gasteiger partial charge in [0.2, 0.25) is 0 Å². The lowest BCUT2D eigenvalue weighted by molar-refractivity contribution is 0.0598. The van der Waals surface area contributed by atoms with E-state index in [2.05, 4.69) is 14.7 Å². The molecule has 5 nitrogen and oxygen atoms in total. The number of carbonyl (C=O) groups is 1. The molecular weight excluding hydrogens is 220 g/mol. The Morgan fingerprint density at radius 3 is 2.65 bits per heavy atom. The summed E-state index contributed by atoms with van der Waals surface area (Å²) in [4.78, 5) is 29.2. The van der Waals surface area contributed by atoms with Gasteiger partial charge in [-0.1, -0.05) is 0 Å². The van der Waals surface area contributed by atoms with Gasteiger partial charge in [-0.3, -0.25) is 9.78 Å². The third kappa shape index (κ3) is 2.23. The fourth-order valence-electron chi connectivity index (χ4n) is 1.46. The minimum Gasteiger partial charge on any atom is -0.465 e. The van der Waals surface area contributed by atoms with E-state index in [9.17, 15) is 9.59 Å². The van der Waals surface area contributed by atoms with Crippen LogP contribution in [0.5, 0.6) is 0 Å². The fraction of sp³-hybridized carbons (Fsp3) is 0.0833. The molecule has 2 aromatic heterocycles. The third-order valence-electron chi connectivity index (χ3n) is 2.32. The second-order valence-electron chi connectivity index (χ2n) is 3.36. The van der Waals surface area contributed by atoms with Crippen LogP contribution < -0.4 is 5.56 Å². The number of nitrogens with one attached hydrogen (secondary N) is 1. The first kappa shape index (κ1) is 11.1. The maximum Gasteiger partial charge on any atom is 0.343 e. The monoisotopic (exact) mass is 230 g/mol. The smallest absolute Gasteiger partial charge is 0.343 e. The van der Waals surface area contributed by atoms with E-state index in [0.29, 0.717) is 0 Å². The summed E-state index contributed by atoms with van der Waals surface area (Å²) < 4.78 is 4.54. The number of hydrogen-bond acceptors (Lipinski definition) is 4. The van der Waals surface area contributed by atoms with Crippen molar-refractivity contribution in [3.05, 3.63) is 52.7 Å². The molecule has 0 aliphatic carbocycles. The Kier molecular flexibility index (Phi) is 3.00. The number of rotatable bonds is 2. The molecule has 17 heavy (non-hydrogen) atoms. The zero-order valence-electron chi connectivity index (χ0n) is 9.14. The fourth-order valence-corrected chi connectivity index (χ4v) is 1.46. The first-order valence-corrected chi connectivity index (χ1v) is 4.94. The predicted molar refractivity (Wildman–Crippen MR) is 61.6 cm³/mol. The molecular formula is C12H10N2O3. The number of esters is 1. The lowest BCUT2D eigenvalue weighted by atomic mass is 10.1. The summed E-state index contributed by atoms with van der Waals surface area (Å²) in [5, 5.41) is 0. The second-order valence-corrected chi connectivity index (χ2v) is 3.36. The van der Waals surface area contributed by atoms with Gasteiger partial charge in [0, 0.05) is 18.6 Å². The topological polar surface area (TPSA) is 72.0 Å². The molecule has 1 N–H and O–H groups in total. The van der Waals surface area contributed by atoms with Crippen molar-refractivity contribution in [2.45, 2.75) is 0 Å². The van der Waals surface area contributed by atoms with Crippen molar-refractivity contribution < 1.29 is 9.53 Å². The number of ether oxygens (including phenoxy) is 1.